The van der Waals surface area contributed by atoms with Gasteiger partial charge in [-0.15, -0.1) is 0 Å². The van der Waals surface area contributed by atoms with Crippen molar-refractivity contribution in [3.05, 3.63) is 65.5 Å². The summed E-state index contributed by atoms with van der Waals surface area (Å²) in [6.45, 7) is 2.58. The molecule has 2 heteroatoms. The molecule has 17 heavy (non-hydrogen) atoms. The number of halogens is 1. The molecule has 0 aromatic heterocycles. The van der Waals surface area contributed by atoms with Gasteiger partial charge >= 0.3 is 0 Å². The number of ether oxygens (including phenoxy) is 1. The SMILES string of the molecule is Cc1ccccc1OCCc1cccc(F)c1. The third-order valence-corrected chi connectivity index (χ3v) is 2.63. The zero-order valence-electron chi connectivity index (χ0n) is 9.82. The summed E-state index contributed by atoms with van der Waals surface area (Å²) in [6, 6.07) is 14.5. The summed E-state index contributed by atoms with van der Waals surface area (Å²) < 4.78 is 18.6. The number of hydrogen-bond donors (Lipinski definition) is 0. The molecular formula is C15H15FO. The van der Waals surface area contributed by atoms with E-state index in [1.54, 1.807) is 12.1 Å². The minimum Gasteiger partial charge on any atom is -0.493 e. The fourth-order valence-electron chi connectivity index (χ4n) is 1.69. The summed E-state index contributed by atoms with van der Waals surface area (Å²) in [7, 11) is 0. The van der Waals surface area contributed by atoms with Gasteiger partial charge in [0, 0.05) is 6.42 Å². The number of benzene rings is 2. The lowest BCUT2D eigenvalue weighted by Gasteiger charge is -2.08. The predicted molar refractivity (Wildman–Crippen MR) is 66.8 cm³/mol. The van der Waals surface area contributed by atoms with Gasteiger partial charge in [0.2, 0.25) is 0 Å². The lowest BCUT2D eigenvalue weighted by Crippen LogP contribution is -2.02. The van der Waals surface area contributed by atoms with E-state index in [0.717, 1.165) is 16.9 Å². The molecule has 0 saturated heterocycles. The van der Waals surface area contributed by atoms with Crippen molar-refractivity contribution in [1.29, 1.82) is 0 Å². The number of hydrogen-bond acceptors (Lipinski definition) is 1. The maximum absolute atomic E-state index is 12.9. The van der Waals surface area contributed by atoms with Gasteiger partial charge in [-0.05, 0) is 36.2 Å². The van der Waals surface area contributed by atoms with Crippen LogP contribution >= 0.6 is 0 Å². The van der Waals surface area contributed by atoms with E-state index >= 15 is 0 Å². The second-order valence-electron chi connectivity index (χ2n) is 3.99. The van der Waals surface area contributed by atoms with E-state index < -0.39 is 0 Å². The molecule has 2 rings (SSSR count). The van der Waals surface area contributed by atoms with Crippen molar-refractivity contribution in [3.63, 3.8) is 0 Å². The first-order valence-corrected chi connectivity index (χ1v) is 5.68. The molecule has 1 nitrogen and oxygen atoms in total. The molecule has 0 N–H and O–H groups in total. The Bertz CT molecular complexity index is 494. The third kappa shape index (κ3) is 3.31. The molecular weight excluding hydrogens is 215 g/mol. The van der Waals surface area contributed by atoms with Gasteiger partial charge in [-0.1, -0.05) is 30.3 Å². The third-order valence-electron chi connectivity index (χ3n) is 2.63. The van der Waals surface area contributed by atoms with Gasteiger partial charge in [0.15, 0.2) is 0 Å². The molecule has 0 aliphatic heterocycles. The summed E-state index contributed by atoms with van der Waals surface area (Å²) in [5.41, 5.74) is 2.07. The Labute approximate surface area is 101 Å². The van der Waals surface area contributed by atoms with Crippen molar-refractivity contribution >= 4 is 0 Å². The quantitative estimate of drug-likeness (QED) is 0.777. The van der Waals surface area contributed by atoms with Gasteiger partial charge in [0.05, 0.1) is 6.61 Å². The molecule has 0 radical (unpaired) electrons. The topological polar surface area (TPSA) is 9.23 Å². The van der Waals surface area contributed by atoms with Gasteiger partial charge in [-0.2, -0.15) is 0 Å². The van der Waals surface area contributed by atoms with Crippen LogP contribution in [0.1, 0.15) is 11.1 Å². The summed E-state index contributed by atoms with van der Waals surface area (Å²) in [6.07, 6.45) is 0.714. The minimum absolute atomic E-state index is 0.196. The Kier molecular flexibility index (Phi) is 3.76. The number of rotatable bonds is 4. The van der Waals surface area contributed by atoms with E-state index in [-0.39, 0.29) is 5.82 Å². The first-order chi connectivity index (χ1) is 8.25. The molecule has 0 fully saturated rings. The smallest absolute Gasteiger partial charge is 0.123 e. The zero-order valence-corrected chi connectivity index (χ0v) is 9.82. The molecule has 0 atom stereocenters. The standard InChI is InChI=1S/C15H15FO/c1-12-5-2-3-8-15(12)17-10-9-13-6-4-7-14(16)11-13/h2-8,11H,9-10H2,1H3. The molecule has 0 saturated carbocycles. The van der Waals surface area contributed by atoms with Gasteiger partial charge in [0.1, 0.15) is 11.6 Å². The molecule has 88 valence electrons. The van der Waals surface area contributed by atoms with Crippen LogP contribution in [-0.4, -0.2) is 6.61 Å². The van der Waals surface area contributed by atoms with Crippen LogP contribution in [0.15, 0.2) is 48.5 Å². The van der Waals surface area contributed by atoms with Crippen LogP contribution in [0, 0.1) is 12.7 Å². The summed E-state index contributed by atoms with van der Waals surface area (Å²) in [4.78, 5) is 0. The van der Waals surface area contributed by atoms with E-state index in [4.69, 9.17) is 4.74 Å². The van der Waals surface area contributed by atoms with E-state index in [0.29, 0.717) is 13.0 Å². The van der Waals surface area contributed by atoms with Crippen LogP contribution in [0.2, 0.25) is 0 Å². The lowest BCUT2D eigenvalue weighted by atomic mass is 10.1. The summed E-state index contributed by atoms with van der Waals surface area (Å²) in [5.74, 6) is 0.697. The van der Waals surface area contributed by atoms with E-state index in [2.05, 4.69) is 0 Å². The first kappa shape index (κ1) is 11.6. The maximum atomic E-state index is 12.9. The van der Waals surface area contributed by atoms with E-state index in [1.807, 2.05) is 37.3 Å². The fourth-order valence-corrected chi connectivity index (χ4v) is 1.69. The first-order valence-electron chi connectivity index (χ1n) is 5.68. The Morgan fingerprint density at radius 2 is 1.88 bits per heavy atom. The van der Waals surface area contributed by atoms with Crippen molar-refractivity contribution in [1.82, 2.24) is 0 Å². The van der Waals surface area contributed by atoms with Crippen molar-refractivity contribution in [2.75, 3.05) is 6.61 Å². The second-order valence-corrected chi connectivity index (χ2v) is 3.99. The minimum atomic E-state index is -0.196. The molecule has 0 aliphatic carbocycles. The summed E-state index contributed by atoms with van der Waals surface area (Å²) >= 11 is 0. The molecule has 0 spiro atoms. The van der Waals surface area contributed by atoms with Gasteiger partial charge in [-0.3, -0.25) is 0 Å². The predicted octanol–water partition coefficient (Wildman–Crippen LogP) is 3.76. The Balaban J connectivity index is 1.90. The van der Waals surface area contributed by atoms with Crippen LogP contribution < -0.4 is 4.74 Å². The second kappa shape index (κ2) is 5.48. The Hall–Kier alpha value is -1.83. The van der Waals surface area contributed by atoms with Crippen molar-refractivity contribution < 1.29 is 9.13 Å². The Morgan fingerprint density at radius 3 is 2.65 bits per heavy atom. The van der Waals surface area contributed by atoms with Gasteiger partial charge in [-0.25, -0.2) is 4.39 Å². The molecule has 2 aromatic rings. The van der Waals surface area contributed by atoms with Crippen molar-refractivity contribution in [2.24, 2.45) is 0 Å². The van der Waals surface area contributed by atoms with Crippen LogP contribution in [0.5, 0.6) is 5.75 Å². The lowest BCUT2D eigenvalue weighted by molar-refractivity contribution is 0.319. The zero-order chi connectivity index (χ0) is 12.1. The molecule has 0 amide bonds. The van der Waals surface area contributed by atoms with Gasteiger partial charge in [0.25, 0.3) is 0 Å². The maximum Gasteiger partial charge on any atom is 0.123 e. The largest absolute Gasteiger partial charge is 0.493 e. The highest BCUT2D eigenvalue weighted by atomic mass is 19.1. The highest BCUT2D eigenvalue weighted by molar-refractivity contribution is 5.31. The number of para-hydroxylation sites is 1. The van der Waals surface area contributed by atoms with E-state index in [9.17, 15) is 4.39 Å². The number of aryl methyl sites for hydroxylation is 1. The molecule has 0 aliphatic rings. The average Bonchev–Trinajstić information content (AvgIpc) is 2.32. The van der Waals surface area contributed by atoms with Gasteiger partial charge < -0.3 is 4.74 Å². The fraction of sp³-hybridized carbons (Fsp3) is 0.200. The van der Waals surface area contributed by atoms with Crippen molar-refractivity contribution in [2.45, 2.75) is 13.3 Å². The molecule has 0 unspecified atom stereocenters. The van der Waals surface area contributed by atoms with Crippen LogP contribution in [-0.2, 0) is 6.42 Å². The molecule has 0 heterocycles. The van der Waals surface area contributed by atoms with Crippen LogP contribution in [0.4, 0.5) is 4.39 Å². The summed E-state index contributed by atoms with van der Waals surface area (Å²) in [5, 5.41) is 0. The average molecular weight is 230 g/mol. The normalized spacial score (nSPS) is 10.2. The highest BCUT2D eigenvalue weighted by Crippen LogP contribution is 2.16. The Morgan fingerprint density at radius 1 is 1.06 bits per heavy atom. The highest BCUT2D eigenvalue weighted by Gasteiger charge is 1.99. The van der Waals surface area contributed by atoms with Crippen LogP contribution in [0.3, 0.4) is 0 Å². The molecule has 0 bridgehead atoms. The van der Waals surface area contributed by atoms with Crippen molar-refractivity contribution in [3.8, 4) is 5.75 Å². The monoisotopic (exact) mass is 230 g/mol. The van der Waals surface area contributed by atoms with E-state index in [1.165, 1.54) is 6.07 Å². The molecule has 2 aromatic carbocycles. The van der Waals surface area contributed by atoms with Crippen LogP contribution in [0.25, 0.3) is 0 Å².